The van der Waals surface area contributed by atoms with Gasteiger partial charge in [-0.25, -0.2) is 4.79 Å². The Balaban J connectivity index is 1.17. The molecule has 9 atom stereocenters. The molecule has 5 heteroatoms. The number of nitrogens with one attached hydrogen (secondary N) is 2. The standard InChI is InChI=1S/C23H32N2O3/c26-23(22-2-1-9-27-22)28-21-8-7-16-15-4-3-13-11-20-14(12-24-25-20)10-19(13)17(15)5-6-18(16)21/h5-6,8,13-20,22,24-25H,1-4,7,9-12H2/t13?,14?,15?,16?,17?,18?,19?,20?,22-/m0/s1. The molecular formula is C23H32N2O3. The fourth-order valence-corrected chi connectivity index (χ4v) is 7.36. The van der Waals surface area contributed by atoms with E-state index in [1.54, 1.807) is 0 Å². The number of carbonyl (C=O) groups is 1. The average Bonchev–Trinajstić information content (AvgIpc) is 3.46. The van der Waals surface area contributed by atoms with E-state index in [1.807, 2.05) is 0 Å². The van der Waals surface area contributed by atoms with E-state index >= 15 is 0 Å². The van der Waals surface area contributed by atoms with Gasteiger partial charge in [-0.2, -0.15) is 0 Å². The highest BCUT2D eigenvalue weighted by atomic mass is 16.6. The van der Waals surface area contributed by atoms with Gasteiger partial charge in [-0.15, -0.1) is 0 Å². The first-order valence-electron chi connectivity index (χ1n) is 11.5. The SMILES string of the molecule is O=C(OC1=CCC2C1C=CC1C3CC4CNNC4CC3CCC12)[C@@H]1CCCO1. The van der Waals surface area contributed by atoms with Crippen LogP contribution in [-0.2, 0) is 14.3 Å². The number of esters is 1. The van der Waals surface area contributed by atoms with Crippen LogP contribution in [0.2, 0.25) is 0 Å². The van der Waals surface area contributed by atoms with Gasteiger partial charge in [0.1, 0.15) is 5.76 Å². The fourth-order valence-electron chi connectivity index (χ4n) is 7.36. The van der Waals surface area contributed by atoms with Gasteiger partial charge in [0, 0.05) is 25.1 Å². The smallest absolute Gasteiger partial charge is 0.340 e. The summed E-state index contributed by atoms with van der Waals surface area (Å²) in [6, 6.07) is 0.690. The molecule has 5 nitrogen and oxygen atoms in total. The normalized spacial score (nSPS) is 49.0. The Kier molecular flexibility index (Phi) is 4.39. The Morgan fingerprint density at radius 1 is 1.07 bits per heavy atom. The van der Waals surface area contributed by atoms with Crippen LogP contribution in [-0.4, -0.2) is 31.3 Å². The summed E-state index contributed by atoms with van der Waals surface area (Å²) in [7, 11) is 0. The van der Waals surface area contributed by atoms with Crippen LogP contribution in [0.1, 0.15) is 44.9 Å². The van der Waals surface area contributed by atoms with Crippen LogP contribution in [0.25, 0.3) is 0 Å². The van der Waals surface area contributed by atoms with Crippen LogP contribution < -0.4 is 10.9 Å². The van der Waals surface area contributed by atoms with Crippen LogP contribution in [0.5, 0.6) is 0 Å². The molecule has 4 fully saturated rings. The molecule has 0 bridgehead atoms. The predicted octanol–water partition coefficient (Wildman–Crippen LogP) is 2.94. The lowest BCUT2D eigenvalue weighted by Gasteiger charge is -2.51. The topological polar surface area (TPSA) is 59.6 Å². The maximum atomic E-state index is 12.4. The van der Waals surface area contributed by atoms with Crippen molar-refractivity contribution in [2.24, 2.45) is 41.4 Å². The minimum Gasteiger partial charge on any atom is -0.429 e. The van der Waals surface area contributed by atoms with Gasteiger partial charge in [-0.05, 0) is 86.5 Å². The number of fused-ring (bicyclic) bond motifs is 6. The number of hydrogen-bond acceptors (Lipinski definition) is 5. The van der Waals surface area contributed by atoms with Crippen molar-refractivity contribution in [2.75, 3.05) is 13.2 Å². The summed E-state index contributed by atoms with van der Waals surface area (Å²) in [6.45, 7) is 1.82. The number of ether oxygens (including phenoxy) is 2. The molecule has 2 aliphatic heterocycles. The van der Waals surface area contributed by atoms with Crippen LogP contribution >= 0.6 is 0 Å². The lowest BCUT2D eigenvalue weighted by molar-refractivity contribution is -0.150. The maximum absolute atomic E-state index is 12.4. The zero-order valence-corrected chi connectivity index (χ0v) is 16.5. The van der Waals surface area contributed by atoms with Crippen molar-refractivity contribution in [1.29, 1.82) is 0 Å². The molecule has 0 aromatic carbocycles. The molecule has 2 heterocycles. The number of hydrazine groups is 1. The van der Waals surface area contributed by atoms with Crippen LogP contribution in [0.4, 0.5) is 0 Å². The molecule has 0 aromatic rings. The second-order valence-corrected chi connectivity index (χ2v) is 9.95. The Hall–Kier alpha value is -1.17. The van der Waals surface area contributed by atoms with Crippen LogP contribution in [0, 0.1) is 41.4 Å². The van der Waals surface area contributed by atoms with Gasteiger partial charge in [0.2, 0.25) is 0 Å². The van der Waals surface area contributed by atoms with Crippen molar-refractivity contribution < 1.29 is 14.3 Å². The molecule has 2 N–H and O–H groups in total. The van der Waals surface area contributed by atoms with Gasteiger partial charge >= 0.3 is 5.97 Å². The molecule has 28 heavy (non-hydrogen) atoms. The van der Waals surface area contributed by atoms with Gasteiger partial charge in [-0.3, -0.25) is 10.9 Å². The summed E-state index contributed by atoms with van der Waals surface area (Å²) in [5.74, 6) is 5.65. The van der Waals surface area contributed by atoms with E-state index in [0.29, 0.717) is 24.5 Å². The number of allylic oxidation sites excluding steroid dienone is 3. The summed E-state index contributed by atoms with van der Waals surface area (Å²) in [4.78, 5) is 12.4. The predicted molar refractivity (Wildman–Crippen MR) is 105 cm³/mol. The minimum absolute atomic E-state index is 0.178. The highest BCUT2D eigenvalue weighted by Gasteiger charge is 2.51. The zero-order chi connectivity index (χ0) is 18.7. The molecule has 6 rings (SSSR count). The molecule has 0 amide bonds. The van der Waals surface area contributed by atoms with E-state index in [2.05, 4.69) is 29.1 Å². The van der Waals surface area contributed by atoms with E-state index in [-0.39, 0.29) is 12.1 Å². The van der Waals surface area contributed by atoms with Crippen molar-refractivity contribution in [3.8, 4) is 0 Å². The highest BCUT2D eigenvalue weighted by molar-refractivity contribution is 5.76. The summed E-state index contributed by atoms with van der Waals surface area (Å²) in [6.07, 6.45) is 15.0. The second kappa shape index (κ2) is 6.96. The molecule has 8 unspecified atom stereocenters. The zero-order valence-electron chi connectivity index (χ0n) is 16.5. The number of rotatable bonds is 2. The molecule has 4 aliphatic carbocycles. The van der Waals surface area contributed by atoms with E-state index in [9.17, 15) is 4.79 Å². The lowest BCUT2D eigenvalue weighted by Crippen LogP contribution is -2.47. The van der Waals surface area contributed by atoms with E-state index < -0.39 is 0 Å². The highest BCUT2D eigenvalue weighted by Crippen LogP contribution is 2.56. The summed E-state index contributed by atoms with van der Waals surface area (Å²) >= 11 is 0. The number of carbonyl (C=O) groups excluding carboxylic acids is 1. The molecule has 2 saturated heterocycles. The monoisotopic (exact) mass is 384 g/mol. The van der Waals surface area contributed by atoms with Crippen LogP contribution in [0.3, 0.4) is 0 Å². The van der Waals surface area contributed by atoms with Gasteiger partial charge in [-0.1, -0.05) is 12.2 Å². The average molecular weight is 385 g/mol. The van der Waals surface area contributed by atoms with E-state index in [0.717, 1.165) is 61.2 Å². The fraction of sp³-hybridized carbons (Fsp3) is 0.783. The van der Waals surface area contributed by atoms with E-state index in [4.69, 9.17) is 9.47 Å². The maximum Gasteiger partial charge on any atom is 0.340 e. The first-order valence-corrected chi connectivity index (χ1v) is 11.5. The molecule has 0 aromatic heterocycles. The van der Waals surface area contributed by atoms with Gasteiger partial charge in [0.05, 0.1) is 0 Å². The summed E-state index contributed by atoms with van der Waals surface area (Å²) in [5.41, 5.74) is 6.91. The lowest BCUT2D eigenvalue weighted by atomic mass is 9.54. The first-order chi connectivity index (χ1) is 13.8. The van der Waals surface area contributed by atoms with Crippen molar-refractivity contribution in [1.82, 2.24) is 10.9 Å². The molecular weight excluding hydrogens is 352 g/mol. The van der Waals surface area contributed by atoms with Crippen molar-refractivity contribution in [2.45, 2.75) is 57.1 Å². The quantitative estimate of drug-likeness (QED) is 0.566. The molecule has 152 valence electrons. The number of hydrogen-bond donors (Lipinski definition) is 2. The minimum atomic E-state index is -0.348. The molecule has 2 saturated carbocycles. The third-order valence-electron chi connectivity index (χ3n) is 8.70. The third-order valence-corrected chi connectivity index (χ3v) is 8.70. The van der Waals surface area contributed by atoms with E-state index in [1.165, 1.54) is 25.7 Å². The molecule has 0 spiro atoms. The second-order valence-electron chi connectivity index (χ2n) is 9.95. The molecule has 6 aliphatic rings. The largest absolute Gasteiger partial charge is 0.429 e. The summed E-state index contributed by atoms with van der Waals surface area (Å²) < 4.78 is 11.3. The molecule has 0 radical (unpaired) electrons. The van der Waals surface area contributed by atoms with Crippen molar-refractivity contribution in [3.05, 3.63) is 24.0 Å². The summed E-state index contributed by atoms with van der Waals surface area (Å²) in [5, 5.41) is 0. The Morgan fingerprint density at radius 2 is 2.04 bits per heavy atom. The van der Waals surface area contributed by atoms with Gasteiger partial charge in [0.15, 0.2) is 6.10 Å². The Bertz CT molecular complexity index is 698. The Labute approximate surface area is 167 Å². The van der Waals surface area contributed by atoms with Crippen molar-refractivity contribution >= 4 is 5.97 Å². The Morgan fingerprint density at radius 3 is 2.93 bits per heavy atom. The van der Waals surface area contributed by atoms with Gasteiger partial charge in [0.25, 0.3) is 0 Å². The first kappa shape index (κ1) is 17.7. The van der Waals surface area contributed by atoms with Crippen molar-refractivity contribution in [3.63, 3.8) is 0 Å². The van der Waals surface area contributed by atoms with Crippen LogP contribution in [0.15, 0.2) is 24.0 Å². The third kappa shape index (κ3) is 2.81. The van der Waals surface area contributed by atoms with Gasteiger partial charge < -0.3 is 9.47 Å².